The van der Waals surface area contributed by atoms with Gasteiger partial charge in [-0.3, -0.25) is 9.59 Å². The van der Waals surface area contributed by atoms with Gasteiger partial charge < -0.3 is 0 Å². The van der Waals surface area contributed by atoms with E-state index in [1.165, 1.54) is 12.1 Å². The zero-order chi connectivity index (χ0) is 14.6. The predicted molar refractivity (Wildman–Crippen MR) is 62.1 cm³/mol. The molecule has 0 aliphatic heterocycles. The van der Waals surface area contributed by atoms with Gasteiger partial charge in [-0.05, 0) is 25.1 Å². The van der Waals surface area contributed by atoms with E-state index in [1.807, 2.05) is 0 Å². The molecule has 0 saturated heterocycles. The van der Waals surface area contributed by atoms with E-state index in [2.05, 4.69) is 0 Å². The average molecular weight is 287 g/mol. The molecule has 0 fully saturated rings. The molecule has 3 nitrogen and oxygen atoms in total. The van der Waals surface area contributed by atoms with Crippen LogP contribution in [0.15, 0.2) is 29.2 Å². The summed E-state index contributed by atoms with van der Waals surface area (Å²) in [5.41, 5.74) is -0.887. The first kappa shape index (κ1) is 15.2. The summed E-state index contributed by atoms with van der Waals surface area (Å²) in [4.78, 5) is 22.6. The summed E-state index contributed by atoms with van der Waals surface area (Å²) in [7, 11) is 0. The van der Waals surface area contributed by atoms with Crippen molar-refractivity contribution in [3.05, 3.63) is 29.8 Å². The van der Waals surface area contributed by atoms with Crippen LogP contribution in [0, 0.1) is 17.2 Å². The molecule has 1 rings (SSSR count). The maximum absolute atomic E-state index is 12.5. The first-order chi connectivity index (χ1) is 8.75. The first-order valence-corrected chi connectivity index (χ1v) is 5.86. The lowest BCUT2D eigenvalue weighted by atomic mass is 10.1. The summed E-state index contributed by atoms with van der Waals surface area (Å²) in [6.07, 6.45) is -4.51. The molecule has 1 unspecified atom stereocenters. The number of halogens is 3. The number of ketones is 1. The molecule has 0 N–H and O–H groups in total. The Balaban J connectivity index is 2.93. The van der Waals surface area contributed by atoms with Crippen LogP contribution in [-0.2, 0) is 15.8 Å². The molecule has 0 bridgehead atoms. The Morgan fingerprint density at radius 2 is 2.00 bits per heavy atom. The van der Waals surface area contributed by atoms with Crippen LogP contribution in [0.5, 0.6) is 0 Å². The lowest BCUT2D eigenvalue weighted by Gasteiger charge is -2.08. The molecular weight excluding hydrogens is 279 g/mol. The number of carbonyl (C=O) groups excluding carboxylic acids is 2. The number of carbonyl (C=O) groups is 2. The highest BCUT2D eigenvalue weighted by molar-refractivity contribution is 8.13. The number of thioether (sulfide) groups is 1. The minimum absolute atomic E-state index is 0.0429. The monoisotopic (exact) mass is 287 g/mol. The Morgan fingerprint density at radius 3 is 2.47 bits per heavy atom. The minimum atomic E-state index is -4.51. The molecule has 0 spiro atoms. The van der Waals surface area contributed by atoms with Crippen LogP contribution in [0.2, 0.25) is 0 Å². The van der Waals surface area contributed by atoms with Gasteiger partial charge in [0.15, 0.2) is 11.7 Å². The Morgan fingerprint density at radius 1 is 1.37 bits per heavy atom. The number of alkyl halides is 3. The van der Waals surface area contributed by atoms with Crippen LogP contribution in [0.4, 0.5) is 13.2 Å². The van der Waals surface area contributed by atoms with Gasteiger partial charge in [0, 0.05) is 4.90 Å². The van der Waals surface area contributed by atoms with E-state index in [0.717, 1.165) is 25.1 Å². The molecule has 1 aromatic rings. The third-order valence-corrected chi connectivity index (χ3v) is 3.08. The van der Waals surface area contributed by atoms with E-state index in [0.29, 0.717) is 11.8 Å². The SMILES string of the molecule is CC(=O)C(C#N)C(=O)Sc1cccc(C(F)(F)F)c1. The summed E-state index contributed by atoms with van der Waals surface area (Å²) < 4.78 is 37.4. The fourth-order valence-corrected chi connectivity index (χ4v) is 2.12. The van der Waals surface area contributed by atoms with Crippen molar-refractivity contribution >= 4 is 22.7 Å². The normalized spacial score (nSPS) is 12.6. The molecule has 1 atom stereocenters. The van der Waals surface area contributed by atoms with Crippen molar-refractivity contribution in [2.24, 2.45) is 5.92 Å². The van der Waals surface area contributed by atoms with Crippen molar-refractivity contribution in [2.45, 2.75) is 18.0 Å². The molecule has 0 aromatic heterocycles. The molecule has 0 amide bonds. The van der Waals surface area contributed by atoms with E-state index in [9.17, 15) is 22.8 Å². The predicted octanol–water partition coefficient (Wildman–Crippen LogP) is 3.05. The third-order valence-electron chi connectivity index (χ3n) is 2.15. The van der Waals surface area contributed by atoms with Crippen molar-refractivity contribution in [3.8, 4) is 6.07 Å². The van der Waals surface area contributed by atoms with Crippen LogP contribution < -0.4 is 0 Å². The topological polar surface area (TPSA) is 57.9 Å². The maximum atomic E-state index is 12.5. The van der Waals surface area contributed by atoms with Crippen LogP contribution >= 0.6 is 11.8 Å². The lowest BCUT2D eigenvalue weighted by molar-refractivity contribution is -0.137. The fourth-order valence-electron chi connectivity index (χ4n) is 1.22. The highest BCUT2D eigenvalue weighted by Crippen LogP contribution is 2.32. The summed E-state index contributed by atoms with van der Waals surface area (Å²) in [6, 6.07) is 5.68. The zero-order valence-corrected chi connectivity index (χ0v) is 10.5. The highest BCUT2D eigenvalue weighted by atomic mass is 32.2. The molecular formula is C12H8F3NO2S. The summed E-state index contributed by atoms with van der Waals surface area (Å²) >= 11 is 0.453. The van der Waals surface area contributed by atoms with Gasteiger partial charge in [-0.25, -0.2) is 0 Å². The highest BCUT2D eigenvalue weighted by Gasteiger charge is 2.31. The van der Waals surface area contributed by atoms with Gasteiger partial charge in [0.25, 0.3) is 0 Å². The van der Waals surface area contributed by atoms with Crippen LogP contribution in [-0.4, -0.2) is 10.9 Å². The van der Waals surface area contributed by atoms with Crippen LogP contribution in [0.1, 0.15) is 12.5 Å². The van der Waals surface area contributed by atoms with Crippen molar-refractivity contribution in [2.75, 3.05) is 0 Å². The molecule has 1 aromatic carbocycles. The Labute approximate surface area is 111 Å². The second-order valence-corrected chi connectivity index (χ2v) is 4.70. The quantitative estimate of drug-likeness (QED) is 0.633. The summed E-state index contributed by atoms with van der Waals surface area (Å²) in [5.74, 6) is -2.09. The number of nitriles is 1. The molecule has 0 aliphatic rings. The third kappa shape index (κ3) is 4.10. The molecule has 0 saturated carbocycles. The van der Waals surface area contributed by atoms with Crippen molar-refractivity contribution in [1.82, 2.24) is 0 Å². The molecule has 0 radical (unpaired) electrons. The fraction of sp³-hybridized carbons (Fsp3) is 0.250. The summed E-state index contributed by atoms with van der Waals surface area (Å²) in [6.45, 7) is 1.08. The Kier molecular flexibility index (Phi) is 4.72. The second kappa shape index (κ2) is 5.89. The largest absolute Gasteiger partial charge is 0.416 e. The van der Waals surface area contributed by atoms with Crippen molar-refractivity contribution in [3.63, 3.8) is 0 Å². The number of nitrogens with zero attached hydrogens (tertiary/aromatic N) is 1. The number of rotatable bonds is 3. The van der Waals surface area contributed by atoms with Gasteiger partial charge in [0.05, 0.1) is 11.6 Å². The van der Waals surface area contributed by atoms with Gasteiger partial charge >= 0.3 is 6.18 Å². The molecule has 19 heavy (non-hydrogen) atoms. The van der Waals surface area contributed by atoms with E-state index >= 15 is 0 Å². The number of benzene rings is 1. The van der Waals surface area contributed by atoms with Crippen molar-refractivity contribution in [1.29, 1.82) is 5.26 Å². The number of hydrogen-bond acceptors (Lipinski definition) is 4. The second-order valence-electron chi connectivity index (χ2n) is 3.62. The average Bonchev–Trinajstić information content (AvgIpc) is 2.28. The van der Waals surface area contributed by atoms with Crippen LogP contribution in [0.25, 0.3) is 0 Å². The van der Waals surface area contributed by atoms with Gasteiger partial charge in [-0.1, -0.05) is 17.8 Å². The van der Waals surface area contributed by atoms with Gasteiger partial charge in [0.2, 0.25) is 5.12 Å². The summed E-state index contributed by atoms with van der Waals surface area (Å²) in [5, 5.41) is 7.86. The van der Waals surface area contributed by atoms with Gasteiger partial charge in [-0.15, -0.1) is 0 Å². The smallest absolute Gasteiger partial charge is 0.298 e. The number of Topliss-reactive ketones (excluding diaryl/α,β-unsaturated/α-hetero) is 1. The standard InChI is InChI=1S/C12H8F3NO2S/c1-7(17)10(6-16)11(18)19-9-4-2-3-8(5-9)12(13,14)15/h2-5,10H,1H3. The van der Waals surface area contributed by atoms with Gasteiger partial charge in [-0.2, -0.15) is 18.4 Å². The van der Waals surface area contributed by atoms with E-state index in [-0.39, 0.29) is 4.90 Å². The van der Waals surface area contributed by atoms with E-state index in [1.54, 1.807) is 0 Å². The Hall–Kier alpha value is -1.81. The van der Waals surface area contributed by atoms with E-state index in [4.69, 9.17) is 5.26 Å². The molecule has 0 heterocycles. The minimum Gasteiger partial charge on any atom is -0.298 e. The molecule has 7 heteroatoms. The van der Waals surface area contributed by atoms with E-state index < -0.39 is 28.6 Å². The molecule has 0 aliphatic carbocycles. The molecule has 100 valence electrons. The Bertz CT molecular complexity index is 549. The number of hydrogen-bond donors (Lipinski definition) is 0. The maximum Gasteiger partial charge on any atom is 0.416 e. The zero-order valence-electron chi connectivity index (χ0n) is 9.69. The van der Waals surface area contributed by atoms with Crippen molar-refractivity contribution < 1.29 is 22.8 Å². The van der Waals surface area contributed by atoms with Crippen LogP contribution in [0.3, 0.4) is 0 Å². The van der Waals surface area contributed by atoms with Gasteiger partial charge in [0.1, 0.15) is 0 Å². The first-order valence-electron chi connectivity index (χ1n) is 5.04. The lowest BCUT2D eigenvalue weighted by Crippen LogP contribution is -2.17.